The van der Waals surface area contributed by atoms with Crippen molar-refractivity contribution in [3.63, 3.8) is 0 Å². The Labute approximate surface area is 330 Å². The van der Waals surface area contributed by atoms with Crippen LogP contribution >= 0.6 is 0 Å². The molecule has 8 bridgehead atoms. The summed E-state index contributed by atoms with van der Waals surface area (Å²) in [5.74, 6) is 2.88. The lowest BCUT2D eigenvalue weighted by molar-refractivity contribution is 0.397. The summed E-state index contributed by atoms with van der Waals surface area (Å²) in [5.41, 5.74) is 20.7. The first-order valence-corrected chi connectivity index (χ1v) is 19.7. The summed E-state index contributed by atoms with van der Waals surface area (Å²) in [4.78, 5) is 19.0. The number of nitrogens with one attached hydrogen (secondary N) is 2. The van der Waals surface area contributed by atoms with Gasteiger partial charge >= 0.3 is 0 Å². The molecule has 8 heteroatoms. The largest absolute Gasteiger partial charge is 0.496 e. The molecule has 5 heterocycles. The van der Waals surface area contributed by atoms with Gasteiger partial charge in [-0.2, -0.15) is 0 Å². The van der Waals surface area contributed by atoms with E-state index in [-0.39, 0.29) is 0 Å². The van der Waals surface area contributed by atoms with Gasteiger partial charge in [-0.1, -0.05) is 39.8 Å². The number of allylic oxidation sites excluding steroid dienone is 4. The minimum absolute atomic E-state index is 0.719. The van der Waals surface area contributed by atoms with Gasteiger partial charge in [0, 0.05) is 22.2 Å². The molecular formula is C48H54N4O4. The van der Waals surface area contributed by atoms with Crippen LogP contribution in [0.2, 0.25) is 0 Å². The van der Waals surface area contributed by atoms with E-state index in [1.165, 1.54) is 22.3 Å². The summed E-state index contributed by atoms with van der Waals surface area (Å²) >= 11 is 0. The van der Waals surface area contributed by atoms with Crippen molar-refractivity contribution in [2.75, 3.05) is 28.4 Å². The molecule has 0 unspecified atom stereocenters. The summed E-state index contributed by atoms with van der Waals surface area (Å²) < 4.78 is 24.3. The number of ether oxygens (including phenoxy) is 4. The van der Waals surface area contributed by atoms with Crippen LogP contribution < -0.4 is 18.9 Å². The van der Waals surface area contributed by atoms with Gasteiger partial charge < -0.3 is 28.9 Å². The third kappa shape index (κ3) is 5.97. The molecule has 7 rings (SSSR count). The van der Waals surface area contributed by atoms with E-state index in [9.17, 15) is 0 Å². The number of hydrogen-bond acceptors (Lipinski definition) is 6. The van der Waals surface area contributed by atoms with E-state index in [0.717, 1.165) is 138 Å². The molecule has 0 saturated carbocycles. The normalized spacial score (nSPS) is 12.8. The van der Waals surface area contributed by atoms with E-state index < -0.39 is 0 Å². The number of methoxy groups -OCH3 is 4. The standard InChI is InChI=1S/C48H54N4O4/c1-13-29-25(5)45-43(41-37(53-9)19-17-20-38(41)54-10)46-27(7)31(15-3)35(51-46)24-36-32(16-4)28(8)48(52-36)44(42-39(55-11)21-18-22-40(42)56-12)47-26(6)30(14-2)34(50-47)23-33(29)49-45/h17-24,49,52H,13-16H2,1-12H3. The Hall–Kier alpha value is -5.76. The molecule has 290 valence electrons. The third-order valence-electron chi connectivity index (χ3n) is 11.8. The maximum atomic E-state index is 6.08. The van der Waals surface area contributed by atoms with Crippen molar-refractivity contribution in [3.8, 4) is 45.3 Å². The van der Waals surface area contributed by atoms with Crippen molar-refractivity contribution >= 4 is 44.4 Å². The van der Waals surface area contributed by atoms with Crippen LogP contribution in [0.4, 0.5) is 0 Å². The molecule has 5 aromatic rings. The number of fused-ring (bicyclic) bond motifs is 8. The molecule has 3 aromatic heterocycles. The first kappa shape index (κ1) is 38.5. The molecule has 0 radical (unpaired) electrons. The van der Waals surface area contributed by atoms with Crippen molar-refractivity contribution in [3.05, 3.63) is 93.6 Å². The fourth-order valence-corrected chi connectivity index (χ4v) is 9.00. The highest BCUT2D eigenvalue weighted by Crippen LogP contribution is 2.49. The van der Waals surface area contributed by atoms with Gasteiger partial charge in [0.25, 0.3) is 0 Å². The summed E-state index contributed by atoms with van der Waals surface area (Å²) in [7, 11) is 6.85. The Morgan fingerprint density at radius 1 is 0.482 bits per heavy atom. The van der Waals surface area contributed by atoms with Gasteiger partial charge in [-0.25, -0.2) is 9.97 Å². The lowest BCUT2D eigenvalue weighted by Gasteiger charge is -2.15. The van der Waals surface area contributed by atoms with Crippen LogP contribution in [0.5, 0.6) is 23.0 Å². The highest BCUT2D eigenvalue weighted by Gasteiger charge is 2.29. The third-order valence-corrected chi connectivity index (χ3v) is 11.8. The number of aryl methyl sites for hydroxylation is 4. The maximum absolute atomic E-state index is 6.08. The van der Waals surface area contributed by atoms with Crippen molar-refractivity contribution in [2.24, 2.45) is 0 Å². The second-order valence-corrected chi connectivity index (χ2v) is 14.5. The molecular weight excluding hydrogens is 697 g/mol. The molecule has 2 aromatic carbocycles. The molecule has 56 heavy (non-hydrogen) atoms. The molecule has 0 atom stereocenters. The Kier molecular flexibility index (Phi) is 10.6. The van der Waals surface area contributed by atoms with Crippen LogP contribution in [0.25, 0.3) is 66.6 Å². The average Bonchev–Trinajstić information content (AvgIpc) is 3.90. The molecule has 0 amide bonds. The molecule has 2 N–H and O–H groups in total. The van der Waals surface area contributed by atoms with Gasteiger partial charge in [0.05, 0.1) is 73.4 Å². The highest BCUT2D eigenvalue weighted by atomic mass is 16.5. The molecule has 2 aliphatic rings. The van der Waals surface area contributed by atoms with Gasteiger partial charge in [0.2, 0.25) is 0 Å². The topological polar surface area (TPSA) is 94.3 Å². The second kappa shape index (κ2) is 15.4. The van der Waals surface area contributed by atoms with E-state index in [1.807, 2.05) is 36.4 Å². The predicted octanol–water partition coefficient (Wildman–Crippen LogP) is 12.1. The second-order valence-electron chi connectivity index (χ2n) is 14.5. The van der Waals surface area contributed by atoms with Crippen molar-refractivity contribution in [2.45, 2.75) is 81.1 Å². The zero-order valence-corrected chi connectivity index (χ0v) is 35.0. The zero-order chi connectivity index (χ0) is 40.0. The predicted molar refractivity (Wildman–Crippen MR) is 232 cm³/mol. The monoisotopic (exact) mass is 750 g/mol. The number of nitrogens with zero attached hydrogens (tertiary/aromatic N) is 2. The Morgan fingerprint density at radius 2 is 0.821 bits per heavy atom. The van der Waals surface area contributed by atoms with E-state index in [4.69, 9.17) is 28.9 Å². The van der Waals surface area contributed by atoms with Gasteiger partial charge in [-0.05, 0) is 134 Å². The number of hydrogen-bond donors (Lipinski definition) is 2. The molecule has 0 spiro atoms. The summed E-state index contributed by atoms with van der Waals surface area (Å²) in [5, 5.41) is 0. The van der Waals surface area contributed by atoms with E-state index in [1.54, 1.807) is 28.4 Å². The van der Waals surface area contributed by atoms with Crippen LogP contribution in [0.1, 0.15) is 99.4 Å². The molecule has 8 nitrogen and oxygen atoms in total. The molecule has 0 fully saturated rings. The van der Waals surface area contributed by atoms with Crippen LogP contribution in [-0.2, 0) is 12.8 Å². The van der Waals surface area contributed by atoms with Gasteiger partial charge in [0.1, 0.15) is 23.0 Å². The summed E-state index contributed by atoms with van der Waals surface area (Å²) in [6.45, 7) is 17.6. The van der Waals surface area contributed by atoms with Crippen molar-refractivity contribution < 1.29 is 18.9 Å². The average molecular weight is 751 g/mol. The van der Waals surface area contributed by atoms with Crippen LogP contribution in [0.15, 0.2) is 48.5 Å². The number of aromatic nitrogens is 4. The lowest BCUT2D eigenvalue weighted by atomic mass is 9.94. The van der Waals surface area contributed by atoms with E-state index in [0.29, 0.717) is 0 Å². The number of rotatable bonds is 10. The van der Waals surface area contributed by atoms with Gasteiger partial charge in [-0.15, -0.1) is 0 Å². The highest BCUT2D eigenvalue weighted by molar-refractivity contribution is 6.05. The quantitative estimate of drug-likeness (QED) is 0.148. The first-order valence-electron chi connectivity index (χ1n) is 19.7. The summed E-state index contributed by atoms with van der Waals surface area (Å²) in [6, 6.07) is 16.4. The Morgan fingerprint density at radius 3 is 1.11 bits per heavy atom. The van der Waals surface area contributed by atoms with Crippen LogP contribution in [0, 0.1) is 13.8 Å². The van der Waals surface area contributed by atoms with E-state index in [2.05, 4.69) is 77.5 Å². The SMILES string of the molecule is CCC1=C(C)c2nc1cc1[nH]c(c(C)c1CC)c(-c1c(OC)cccc1OC)c1nc(cc3[nH]c(c(C)c3CC)c2-c2c(OC)cccc2OC)C(CC)=C1C. The Bertz CT molecular complexity index is 2400. The smallest absolute Gasteiger partial charge is 0.130 e. The summed E-state index contributed by atoms with van der Waals surface area (Å²) in [6.07, 6.45) is 3.27. The zero-order valence-electron chi connectivity index (χ0n) is 35.0. The first-order chi connectivity index (χ1) is 27.1. The van der Waals surface area contributed by atoms with Crippen molar-refractivity contribution in [1.82, 2.24) is 19.9 Å². The van der Waals surface area contributed by atoms with Crippen molar-refractivity contribution in [1.29, 1.82) is 0 Å². The van der Waals surface area contributed by atoms with Crippen LogP contribution in [0.3, 0.4) is 0 Å². The molecule has 0 aliphatic carbocycles. The molecule has 2 aliphatic heterocycles. The minimum Gasteiger partial charge on any atom is -0.496 e. The van der Waals surface area contributed by atoms with Crippen LogP contribution in [-0.4, -0.2) is 48.4 Å². The molecule has 0 saturated heterocycles. The van der Waals surface area contributed by atoms with Gasteiger partial charge in [-0.3, -0.25) is 0 Å². The lowest BCUT2D eigenvalue weighted by Crippen LogP contribution is -1.97. The number of aromatic amines is 2. The Balaban J connectivity index is 1.82. The van der Waals surface area contributed by atoms with E-state index >= 15 is 0 Å². The minimum atomic E-state index is 0.719. The number of benzene rings is 2. The maximum Gasteiger partial charge on any atom is 0.130 e. The fraction of sp³-hybridized carbons (Fsp3) is 0.333. The van der Waals surface area contributed by atoms with Gasteiger partial charge in [0.15, 0.2) is 0 Å². The number of H-pyrrole nitrogens is 2. The fourth-order valence-electron chi connectivity index (χ4n) is 9.00.